The van der Waals surface area contributed by atoms with Crippen molar-refractivity contribution in [1.82, 2.24) is 5.32 Å². The minimum absolute atomic E-state index is 0.141. The van der Waals surface area contributed by atoms with Crippen molar-refractivity contribution in [2.45, 2.75) is 45.4 Å². The number of benzene rings is 2. The fraction of sp³-hybridized carbons (Fsp3) is 0.409. The van der Waals surface area contributed by atoms with Gasteiger partial charge in [-0.3, -0.25) is 4.99 Å². The van der Waals surface area contributed by atoms with Crippen molar-refractivity contribution in [3.8, 4) is 0 Å². The van der Waals surface area contributed by atoms with E-state index >= 15 is 0 Å². The van der Waals surface area contributed by atoms with Crippen molar-refractivity contribution in [1.29, 1.82) is 0 Å². The number of hydrogen-bond donors (Lipinski definition) is 1. The van der Waals surface area contributed by atoms with Gasteiger partial charge in [-0.15, -0.1) is 11.8 Å². The van der Waals surface area contributed by atoms with E-state index in [2.05, 4.69) is 42.5 Å². The molecule has 0 unspecified atom stereocenters. The Bertz CT molecular complexity index is 784. The monoisotopic (exact) mass is 372 g/mol. The number of aryl methyl sites for hydroxylation is 2. The van der Waals surface area contributed by atoms with E-state index in [9.17, 15) is 4.39 Å². The van der Waals surface area contributed by atoms with Crippen LogP contribution < -0.4 is 5.32 Å². The Morgan fingerprint density at radius 1 is 1.15 bits per heavy atom. The Kier molecular flexibility index (Phi) is 7.70. The fourth-order valence-electron chi connectivity index (χ4n) is 3.14. The molecule has 0 bridgehead atoms. The first-order chi connectivity index (χ1) is 12.6. The predicted octanol–water partition coefficient (Wildman–Crippen LogP) is 5.33. The zero-order valence-corrected chi connectivity index (χ0v) is 17.3. The Morgan fingerprint density at radius 3 is 2.58 bits per heavy atom. The zero-order valence-electron chi connectivity index (χ0n) is 16.4. The number of aliphatic imine (C=N–C) groups is 1. The molecule has 2 aromatic rings. The molecular formula is C22H29FN2S. The van der Waals surface area contributed by atoms with E-state index in [0.717, 1.165) is 36.5 Å². The summed E-state index contributed by atoms with van der Waals surface area (Å²) in [5.41, 5.74) is 5.56. The molecule has 26 heavy (non-hydrogen) atoms. The maximum Gasteiger partial charge on any atom is 0.128 e. The Hall–Kier alpha value is -1.81. The number of nitrogens with zero attached hydrogens (tertiary/aromatic N) is 1. The number of nitrogens with one attached hydrogen (secondary N) is 1. The highest BCUT2D eigenvalue weighted by atomic mass is 32.2. The summed E-state index contributed by atoms with van der Waals surface area (Å²) in [5.74, 6) is 0.687. The maximum absolute atomic E-state index is 14.4. The quantitative estimate of drug-likeness (QED) is 0.718. The fourth-order valence-corrected chi connectivity index (χ4v) is 3.87. The first-order valence-corrected chi connectivity index (χ1v) is 10.5. The van der Waals surface area contributed by atoms with Crippen LogP contribution in [-0.4, -0.2) is 25.2 Å². The molecule has 1 aliphatic rings. The smallest absolute Gasteiger partial charge is 0.128 e. The molecule has 0 atom stereocenters. The molecule has 3 rings (SSSR count). The van der Waals surface area contributed by atoms with Crippen molar-refractivity contribution in [3.05, 3.63) is 64.0 Å². The normalized spacial score (nSPS) is 12.9. The van der Waals surface area contributed by atoms with Crippen LogP contribution in [0.2, 0.25) is 0 Å². The Labute approximate surface area is 161 Å². The molecular weight excluding hydrogens is 343 g/mol. The lowest BCUT2D eigenvalue weighted by molar-refractivity contribution is 0.608. The minimum atomic E-state index is -0.141. The molecule has 0 fully saturated rings. The second kappa shape index (κ2) is 9.77. The number of hydrogen-bond acceptors (Lipinski definition) is 3. The first kappa shape index (κ1) is 20.5. The standard InChI is InChI=1S/C20H23FN2S.C2H6/c1-13-11-15(12-19(24-3)14(13)2)7-8-16-17(5-4-6-18(16)21)20-22-9-10-23-20;1-2/h4-6,11-12H,7-10H2,1-3H3,(H,22,23);1-2H3. The molecule has 0 amide bonds. The SMILES string of the molecule is CC.CSc1cc(CCc2c(F)cccc2C2=NCCN2)cc(C)c1C. The van der Waals surface area contributed by atoms with E-state index in [1.165, 1.54) is 21.6 Å². The van der Waals surface area contributed by atoms with Crippen molar-refractivity contribution in [2.24, 2.45) is 4.99 Å². The van der Waals surface area contributed by atoms with Crippen molar-refractivity contribution >= 4 is 17.6 Å². The molecule has 1 N–H and O–H groups in total. The van der Waals surface area contributed by atoms with Crippen LogP contribution in [0, 0.1) is 19.7 Å². The van der Waals surface area contributed by atoms with Gasteiger partial charge in [-0.2, -0.15) is 0 Å². The molecule has 0 spiro atoms. The van der Waals surface area contributed by atoms with Gasteiger partial charge >= 0.3 is 0 Å². The summed E-state index contributed by atoms with van der Waals surface area (Å²) in [6, 6.07) is 9.73. The van der Waals surface area contributed by atoms with Gasteiger partial charge in [0.15, 0.2) is 0 Å². The van der Waals surface area contributed by atoms with Crippen LogP contribution in [0.25, 0.3) is 0 Å². The second-order valence-corrected chi connectivity index (χ2v) is 7.01. The highest BCUT2D eigenvalue weighted by molar-refractivity contribution is 7.98. The average molecular weight is 373 g/mol. The largest absolute Gasteiger partial charge is 0.368 e. The predicted molar refractivity (Wildman–Crippen MR) is 112 cm³/mol. The van der Waals surface area contributed by atoms with Gasteiger partial charge in [-0.25, -0.2) is 4.39 Å². The summed E-state index contributed by atoms with van der Waals surface area (Å²) in [6.07, 6.45) is 3.61. The molecule has 4 heteroatoms. The molecule has 0 saturated heterocycles. The zero-order chi connectivity index (χ0) is 19.1. The van der Waals surface area contributed by atoms with Crippen molar-refractivity contribution in [2.75, 3.05) is 19.3 Å². The van der Waals surface area contributed by atoms with Crippen LogP contribution in [0.1, 0.15) is 41.7 Å². The van der Waals surface area contributed by atoms with E-state index in [1.807, 2.05) is 19.9 Å². The summed E-state index contributed by atoms with van der Waals surface area (Å²) in [5, 5.41) is 3.25. The average Bonchev–Trinajstić information content (AvgIpc) is 3.19. The molecule has 1 aliphatic heterocycles. The van der Waals surface area contributed by atoms with Gasteiger partial charge in [0.05, 0.1) is 6.54 Å². The summed E-state index contributed by atoms with van der Waals surface area (Å²) >= 11 is 1.77. The van der Waals surface area contributed by atoms with Crippen LogP contribution >= 0.6 is 11.8 Å². The molecule has 0 radical (unpaired) electrons. The third kappa shape index (κ3) is 4.67. The van der Waals surface area contributed by atoms with Crippen LogP contribution in [0.15, 0.2) is 40.2 Å². The molecule has 2 nitrogen and oxygen atoms in total. The first-order valence-electron chi connectivity index (χ1n) is 9.30. The van der Waals surface area contributed by atoms with Gasteiger partial charge in [-0.1, -0.05) is 32.0 Å². The number of thioether (sulfide) groups is 1. The van der Waals surface area contributed by atoms with Gasteiger partial charge in [0, 0.05) is 17.0 Å². The maximum atomic E-state index is 14.4. The van der Waals surface area contributed by atoms with Crippen LogP contribution in [-0.2, 0) is 12.8 Å². The van der Waals surface area contributed by atoms with Crippen molar-refractivity contribution in [3.63, 3.8) is 0 Å². The third-order valence-electron chi connectivity index (χ3n) is 4.61. The van der Waals surface area contributed by atoms with E-state index in [4.69, 9.17) is 0 Å². The van der Waals surface area contributed by atoms with E-state index < -0.39 is 0 Å². The van der Waals surface area contributed by atoms with Gasteiger partial charge in [-0.05, 0) is 67.3 Å². The topological polar surface area (TPSA) is 24.4 Å². The number of amidine groups is 1. The number of rotatable bonds is 5. The van der Waals surface area contributed by atoms with E-state index in [-0.39, 0.29) is 5.82 Å². The summed E-state index contributed by atoms with van der Waals surface area (Å²) in [6.45, 7) is 9.90. The van der Waals surface area contributed by atoms with Gasteiger partial charge < -0.3 is 5.32 Å². The molecule has 0 saturated carbocycles. The highest BCUT2D eigenvalue weighted by Crippen LogP contribution is 2.26. The van der Waals surface area contributed by atoms with Gasteiger partial charge in [0.2, 0.25) is 0 Å². The van der Waals surface area contributed by atoms with E-state index in [0.29, 0.717) is 6.42 Å². The molecule has 2 aromatic carbocycles. The Morgan fingerprint density at radius 2 is 1.92 bits per heavy atom. The van der Waals surface area contributed by atoms with Crippen LogP contribution in [0.4, 0.5) is 4.39 Å². The van der Waals surface area contributed by atoms with Gasteiger partial charge in [0.1, 0.15) is 11.7 Å². The van der Waals surface area contributed by atoms with Crippen LogP contribution in [0.5, 0.6) is 0 Å². The number of halogens is 1. The van der Waals surface area contributed by atoms with Crippen LogP contribution in [0.3, 0.4) is 0 Å². The van der Waals surface area contributed by atoms with Gasteiger partial charge in [0.25, 0.3) is 0 Å². The lowest BCUT2D eigenvalue weighted by Crippen LogP contribution is -2.21. The summed E-state index contributed by atoms with van der Waals surface area (Å²) < 4.78 is 14.4. The lowest BCUT2D eigenvalue weighted by Gasteiger charge is -2.13. The summed E-state index contributed by atoms with van der Waals surface area (Å²) in [7, 11) is 0. The summed E-state index contributed by atoms with van der Waals surface area (Å²) in [4.78, 5) is 5.76. The highest BCUT2D eigenvalue weighted by Gasteiger charge is 2.16. The van der Waals surface area contributed by atoms with E-state index in [1.54, 1.807) is 23.9 Å². The Balaban J connectivity index is 0.00000117. The third-order valence-corrected chi connectivity index (χ3v) is 5.48. The molecule has 0 aliphatic carbocycles. The molecule has 140 valence electrons. The van der Waals surface area contributed by atoms with Crippen molar-refractivity contribution < 1.29 is 4.39 Å². The minimum Gasteiger partial charge on any atom is -0.368 e. The second-order valence-electron chi connectivity index (χ2n) is 6.16. The molecule has 1 heterocycles. The lowest BCUT2D eigenvalue weighted by atomic mass is 9.97. The molecule has 0 aromatic heterocycles.